The Labute approximate surface area is 101 Å². The second kappa shape index (κ2) is 5.35. The van der Waals surface area contributed by atoms with Gasteiger partial charge in [-0.2, -0.15) is 0 Å². The molecule has 0 radical (unpaired) electrons. The zero-order valence-electron chi connectivity index (χ0n) is 10.4. The predicted octanol–water partition coefficient (Wildman–Crippen LogP) is 0.574. The molecule has 1 saturated heterocycles. The first-order valence-electron chi connectivity index (χ1n) is 5.72. The minimum absolute atomic E-state index is 0.0833. The number of aliphatic carboxylic acids is 1. The minimum Gasteiger partial charge on any atom is -0.480 e. The predicted molar refractivity (Wildman–Crippen MR) is 61.8 cm³/mol. The molecule has 1 aliphatic rings. The summed E-state index contributed by atoms with van der Waals surface area (Å²) in [6.07, 6.45) is 0.0593. The fourth-order valence-electron chi connectivity index (χ4n) is 1.78. The summed E-state index contributed by atoms with van der Waals surface area (Å²) in [5.74, 6) is -1.11. The van der Waals surface area contributed by atoms with E-state index in [1.165, 1.54) is 0 Å². The first-order chi connectivity index (χ1) is 7.79. The van der Waals surface area contributed by atoms with Gasteiger partial charge in [-0.3, -0.25) is 0 Å². The Balaban J connectivity index is 2.55. The Morgan fingerprint density at radius 1 is 1.47 bits per heavy atom. The van der Waals surface area contributed by atoms with Crippen LogP contribution in [0.1, 0.15) is 27.2 Å². The van der Waals surface area contributed by atoms with Gasteiger partial charge >= 0.3 is 12.1 Å². The Hall–Kier alpha value is -1.30. The van der Waals surface area contributed by atoms with E-state index in [1.807, 2.05) is 0 Å². The number of carbonyl (C=O) groups is 2. The zero-order chi connectivity index (χ0) is 13.1. The lowest BCUT2D eigenvalue weighted by atomic mass is 9.99. The summed E-state index contributed by atoms with van der Waals surface area (Å²) in [6.45, 7) is 6.59. The monoisotopic (exact) mass is 244 g/mol. The van der Waals surface area contributed by atoms with E-state index in [0.717, 1.165) is 13.0 Å². The third-order valence-corrected chi connectivity index (χ3v) is 2.51. The molecule has 1 rings (SSSR count). The van der Waals surface area contributed by atoms with E-state index < -0.39 is 23.7 Å². The van der Waals surface area contributed by atoms with Gasteiger partial charge in [0.25, 0.3) is 0 Å². The molecular weight excluding hydrogens is 224 g/mol. The lowest BCUT2D eigenvalue weighted by molar-refractivity contribution is -0.140. The SMILES string of the molecule is CC(C)(C)OC(=O)NC(C(=O)O)C1CCNC1. The van der Waals surface area contributed by atoms with Crippen LogP contribution >= 0.6 is 0 Å². The van der Waals surface area contributed by atoms with Crippen molar-refractivity contribution in [2.45, 2.75) is 38.8 Å². The van der Waals surface area contributed by atoms with E-state index in [2.05, 4.69) is 10.6 Å². The zero-order valence-corrected chi connectivity index (χ0v) is 10.4. The standard InChI is InChI=1S/C11H20N2O4/c1-11(2,3)17-10(16)13-8(9(14)15)7-4-5-12-6-7/h7-8,12H,4-6H2,1-3H3,(H,13,16)(H,14,15). The summed E-state index contributed by atoms with van der Waals surface area (Å²) in [7, 11) is 0. The summed E-state index contributed by atoms with van der Waals surface area (Å²) >= 11 is 0. The molecule has 0 aromatic heterocycles. The van der Waals surface area contributed by atoms with Crippen LogP contribution in [0.25, 0.3) is 0 Å². The van der Waals surface area contributed by atoms with E-state index in [0.29, 0.717) is 6.54 Å². The molecule has 1 aliphatic heterocycles. The van der Waals surface area contributed by atoms with Gasteiger partial charge < -0.3 is 20.5 Å². The maximum absolute atomic E-state index is 11.5. The Morgan fingerprint density at radius 3 is 2.53 bits per heavy atom. The molecule has 0 aromatic carbocycles. The van der Waals surface area contributed by atoms with Crippen molar-refractivity contribution in [3.8, 4) is 0 Å². The van der Waals surface area contributed by atoms with Crippen molar-refractivity contribution in [2.24, 2.45) is 5.92 Å². The van der Waals surface area contributed by atoms with Crippen molar-refractivity contribution < 1.29 is 19.4 Å². The van der Waals surface area contributed by atoms with Crippen LogP contribution in [-0.2, 0) is 9.53 Å². The third kappa shape index (κ3) is 4.60. The fraction of sp³-hybridized carbons (Fsp3) is 0.818. The average molecular weight is 244 g/mol. The normalized spacial score (nSPS) is 21.9. The summed E-state index contributed by atoms with van der Waals surface area (Å²) < 4.78 is 5.04. The van der Waals surface area contributed by atoms with Gasteiger partial charge in [-0.1, -0.05) is 0 Å². The number of ether oxygens (including phenoxy) is 1. The number of carbonyl (C=O) groups excluding carboxylic acids is 1. The molecule has 17 heavy (non-hydrogen) atoms. The molecule has 1 fully saturated rings. The number of hydrogen-bond donors (Lipinski definition) is 3. The van der Waals surface area contributed by atoms with E-state index in [1.54, 1.807) is 20.8 Å². The third-order valence-electron chi connectivity index (χ3n) is 2.51. The van der Waals surface area contributed by atoms with Gasteiger partial charge in [0.05, 0.1) is 0 Å². The molecule has 3 N–H and O–H groups in total. The number of alkyl carbamates (subject to hydrolysis) is 1. The van der Waals surface area contributed by atoms with Crippen molar-refractivity contribution in [3.63, 3.8) is 0 Å². The molecule has 0 aliphatic carbocycles. The molecular formula is C11H20N2O4. The van der Waals surface area contributed by atoms with Crippen molar-refractivity contribution >= 4 is 12.1 Å². The second-order valence-electron chi connectivity index (χ2n) is 5.22. The van der Waals surface area contributed by atoms with Crippen molar-refractivity contribution in [1.82, 2.24) is 10.6 Å². The quantitative estimate of drug-likeness (QED) is 0.675. The van der Waals surface area contributed by atoms with Crippen LogP contribution < -0.4 is 10.6 Å². The van der Waals surface area contributed by atoms with Gasteiger partial charge in [0, 0.05) is 12.5 Å². The van der Waals surface area contributed by atoms with Crippen LogP contribution in [-0.4, -0.2) is 41.9 Å². The molecule has 0 bridgehead atoms. The summed E-state index contributed by atoms with van der Waals surface area (Å²) in [5.41, 5.74) is -0.624. The molecule has 0 saturated carbocycles. The maximum Gasteiger partial charge on any atom is 0.408 e. The molecule has 2 atom stereocenters. The lowest BCUT2D eigenvalue weighted by Gasteiger charge is -2.24. The van der Waals surface area contributed by atoms with Gasteiger partial charge in [0.15, 0.2) is 0 Å². The second-order valence-corrected chi connectivity index (χ2v) is 5.22. The first-order valence-corrected chi connectivity index (χ1v) is 5.72. The largest absolute Gasteiger partial charge is 0.480 e. The van der Waals surface area contributed by atoms with Crippen LogP contribution in [0.5, 0.6) is 0 Å². The number of amides is 1. The highest BCUT2D eigenvalue weighted by Crippen LogP contribution is 2.14. The summed E-state index contributed by atoms with van der Waals surface area (Å²) in [6, 6.07) is -0.889. The Kier molecular flexibility index (Phi) is 4.34. The molecule has 0 spiro atoms. The highest BCUT2D eigenvalue weighted by molar-refractivity contribution is 5.80. The van der Waals surface area contributed by atoms with Crippen LogP contribution in [0.4, 0.5) is 4.79 Å². The van der Waals surface area contributed by atoms with Crippen molar-refractivity contribution in [2.75, 3.05) is 13.1 Å². The van der Waals surface area contributed by atoms with E-state index in [-0.39, 0.29) is 5.92 Å². The van der Waals surface area contributed by atoms with Gasteiger partial charge in [-0.25, -0.2) is 9.59 Å². The Bertz CT molecular complexity index is 292. The highest BCUT2D eigenvalue weighted by Gasteiger charge is 2.33. The topological polar surface area (TPSA) is 87.7 Å². The number of nitrogens with one attached hydrogen (secondary N) is 2. The van der Waals surface area contributed by atoms with Crippen LogP contribution in [0.15, 0.2) is 0 Å². The first kappa shape index (κ1) is 13.8. The highest BCUT2D eigenvalue weighted by atomic mass is 16.6. The number of carboxylic acid groups (broad SMARTS) is 1. The minimum atomic E-state index is -1.02. The van der Waals surface area contributed by atoms with Crippen LogP contribution in [0.3, 0.4) is 0 Å². The van der Waals surface area contributed by atoms with Gasteiger partial charge in [0.1, 0.15) is 11.6 Å². The van der Waals surface area contributed by atoms with Crippen molar-refractivity contribution in [1.29, 1.82) is 0 Å². The molecule has 0 aromatic rings. The number of hydrogen-bond acceptors (Lipinski definition) is 4. The molecule has 6 heteroatoms. The fourth-order valence-corrected chi connectivity index (χ4v) is 1.78. The number of carboxylic acids is 1. The lowest BCUT2D eigenvalue weighted by Crippen LogP contribution is -2.48. The van der Waals surface area contributed by atoms with E-state index in [9.17, 15) is 9.59 Å². The molecule has 1 heterocycles. The van der Waals surface area contributed by atoms with Crippen LogP contribution in [0, 0.1) is 5.92 Å². The van der Waals surface area contributed by atoms with Gasteiger partial charge in [0.2, 0.25) is 0 Å². The maximum atomic E-state index is 11.5. The van der Waals surface area contributed by atoms with Crippen LogP contribution in [0.2, 0.25) is 0 Å². The van der Waals surface area contributed by atoms with Crippen molar-refractivity contribution in [3.05, 3.63) is 0 Å². The van der Waals surface area contributed by atoms with Gasteiger partial charge in [-0.15, -0.1) is 0 Å². The molecule has 98 valence electrons. The Morgan fingerprint density at radius 2 is 2.12 bits per heavy atom. The smallest absolute Gasteiger partial charge is 0.408 e. The molecule has 6 nitrogen and oxygen atoms in total. The van der Waals surface area contributed by atoms with Gasteiger partial charge in [-0.05, 0) is 33.7 Å². The summed E-state index contributed by atoms with van der Waals surface area (Å²) in [5, 5.41) is 14.6. The van der Waals surface area contributed by atoms with E-state index >= 15 is 0 Å². The number of rotatable bonds is 3. The molecule has 2 unspecified atom stereocenters. The molecule has 1 amide bonds. The average Bonchev–Trinajstić information content (AvgIpc) is 2.63. The summed E-state index contributed by atoms with van der Waals surface area (Å²) in [4.78, 5) is 22.6. The van der Waals surface area contributed by atoms with E-state index in [4.69, 9.17) is 9.84 Å².